The number of hydrogen-bond acceptors (Lipinski definition) is 4. The number of amides is 1. The Balaban J connectivity index is 1.24. The second kappa shape index (κ2) is 10.3. The molecule has 1 aliphatic heterocycles. The van der Waals surface area contributed by atoms with Gasteiger partial charge < -0.3 is 14.4 Å². The van der Waals surface area contributed by atoms with E-state index >= 15 is 0 Å². The molecule has 1 saturated heterocycles. The number of para-hydroxylation sites is 1. The number of aromatic nitrogens is 2. The van der Waals surface area contributed by atoms with Crippen LogP contribution in [0.25, 0.3) is 0 Å². The van der Waals surface area contributed by atoms with Gasteiger partial charge in [-0.05, 0) is 55.7 Å². The number of rotatable bonds is 7. The van der Waals surface area contributed by atoms with E-state index in [4.69, 9.17) is 9.47 Å². The number of likely N-dealkylation sites (tertiary alicyclic amines) is 1. The molecule has 34 heavy (non-hydrogen) atoms. The Morgan fingerprint density at radius 1 is 1.03 bits per heavy atom. The van der Waals surface area contributed by atoms with Gasteiger partial charge in [0, 0.05) is 18.8 Å². The summed E-state index contributed by atoms with van der Waals surface area (Å²) in [7, 11) is 0. The highest BCUT2D eigenvalue weighted by atomic mass is 19.4. The highest BCUT2D eigenvalue weighted by Gasteiger charge is 2.35. The number of halogens is 3. The third-order valence-corrected chi connectivity index (χ3v) is 5.71. The fourth-order valence-electron chi connectivity index (χ4n) is 3.85. The Morgan fingerprint density at radius 3 is 2.41 bits per heavy atom. The van der Waals surface area contributed by atoms with Gasteiger partial charge in [0.15, 0.2) is 5.69 Å². The summed E-state index contributed by atoms with van der Waals surface area (Å²) in [5.74, 6) is 1.25. The van der Waals surface area contributed by atoms with E-state index in [-0.39, 0.29) is 18.6 Å². The average Bonchev–Trinajstić information content (AvgIpc) is 3.19. The van der Waals surface area contributed by atoms with Gasteiger partial charge in [-0.25, -0.2) is 0 Å². The second-order valence-electron chi connectivity index (χ2n) is 8.28. The van der Waals surface area contributed by atoms with Crippen LogP contribution >= 0.6 is 0 Å². The first-order valence-corrected chi connectivity index (χ1v) is 11.1. The van der Waals surface area contributed by atoms with Gasteiger partial charge in [-0.15, -0.1) is 0 Å². The van der Waals surface area contributed by atoms with Gasteiger partial charge in [0.1, 0.15) is 18.0 Å². The Morgan fingerprint density at radius 2 is 1.74 bits per heavy atom. The smallest absolute Gasteiger partial charge is 0.435 e. The number of piperidine rings is 1. The van der Waals surface area contributed by atoms with Crippen LogP contribution in [-0.4, -0.2) is 39.8 Å². The summed E-state index contributed by atoms with van der Waals surface area (Å²) in [4.78, 5) is 14.2. The van der Waals surface area contributed by atoms with Crippen molar-refractivity contribution in [2.24, 2.45) is 0 Å². The first kappa shape index (κ1) is 23.8. The quantitative estimate of drug-likeness (QED) is 0.473. The van der Waals surface area contributed by atoms with Crippen molar-refractivity contribution < 1.29 is 27.4 Å². The number of ether oxygens (including phenoxy) is 2. The molecule has 3 aromatic rings. The highest BCUT2D eigenvalue weighted by Crippen LogP contribution is 2.28. The van der Waals surface area contributed by atoms with Crippen molar-refractivity contribution in [2.75, 3.05) is 13.1 Å². The zero-order chi connectivity index (χ0) is 24.1. The lowest BCUT2D eigenvalue weighted by molar-refractivity contribution is -0.142. The largest absolute Gasteiger partial charge is 0.457 e. The molecule has 1 aliphatic rings. The summed E-state index contributed by atoms with van der Waals surface area (Å²) in [5.41, 5.74) is 0.307. The van der Waals surface area contributed by atoms with Gasteiger partial charge in [0.2, 0.25) is 5.91 Å². The number of carbonyl (C=O) groups excluding carboxylic acids is 1. The monoisotopic (exact) mass is 473 g/mol. The number of hydrogen-bond donors (Lipinski definition) is 0. The number of aryl methyl sites for hydroxylation is 1. The van der Waals surface area contributed by atoms with Crippen molar-refractivity contribution in [3.05, 3.63) is 77.6 Å². The summed E-state index contributed by atoms with van der Waals surface area (Å²) >= 11 is 0. The van der Waals surface area contributed by atoms with E-state index in [2.05, 4.69) is 5.10 Å². The van der Waals surface area contributed by atoms with E-state index in [1.54, 1.807) is 4.90 Å². The van der Waals surface area contributed by atoms with Crippen LogP contribution in [0.1, 0.15) is 29.8 Å². The molecular formula is C25H26F3N3O3. The lowest BCUT2D eigenvalue weighted by Gasteiger charge is -2.32. The Labute approximate surface area is 195 Å². The van der Waals surface area contributed by atoms with E-state index in [1.807, 2.05) is 54.6 Å². The Bertz CT molecular complexity index is 1110. The average molecular weight is 473 g/mol. The number of alkyl halides is 3. The molecule has 0 N–H and O–H groups in total. The number of benzene rings is 2. The standard InChI is InChI=1S/C25H26F3N3O3/c1-18-14-23(25(26,27)28)29-31(18)16-24(32)30-12-10-20(11-13-30)33-17-19-6-5-9-22(15-19)34-21-7-3-2-4-8-21/h2-9,14-15,20H,10-13,16-17H2,1H3. The summed E-state index contributed by atoms with van der Waals surface area (Å²) < 4.78 is 51.5. The van der Waals surface area contributed by atoms with E-state index in [0.29, 0.717) is 38.2 Å². The molecule has 0 spiro atoms. The van der Waals surface area contributed by atoms with E-state index in [9.17, 15) is 18.0 Å². The van der Waals surface area contributed by atoms with Gasteiger partial charge >= 0.3 is 6.18 Å². The molecule has 6 nitrogen and oxygen atoms in total. The van der Waals surface area contributed by atoms with Crippen molar-refractivity contribution in [3.63, 3.8) is 0 Å². The van der Waals surface area contributed by atoms with Crippen LogP contribution in [0, 0.1) is 6.92 Å². The van der Waals surface area contributed by atoms with Gasteiger partial charge in [-0.1, -0.05) is 30.3 Å². The van der Waals surface area contributed by atoms with E-state index < -0.39 is 11.9 Å². The van der Waals surface area contributed by atoms with Crippen LogP contribution in [0.15, 0.2) is 60.7 Å². The fraction of sp³-hybridized carbons (Fsp3) is 0.360. The van der Waals surface area contributed by atoms with Gasteiger partial charge in [-0.2, -0.15) is 18.3 Å². The minimum atomic E-state index is -4.53. The van der Waals surface area contributed by atoms with Crippen LogP contribution in [-0.2, 0) is 28.9 Å². The van der Waals surface area contributed by atoms with Crippen molar-refractivity contribution in [2.45, 2.75) is 45.2 Å². The van der Waals surface area contributed by atoms with Crippen LogP contribution < -0.4 is 4.74 Å². The van der Waals surface area contributed by atoms with Crippen LogP contribution in [0.5, 0.6) is 11.5 Å². The zero-order valence-corrected chi connectivity index (χ0v) is 18.8. The molecule has 1 aromatic heterocycles. The molecule has 0 saturated carbocycles. The zero-order valence-electron chi connectivity index (χ0n) is 18.8. The van der Waals surface area contributed by atoms with Crippen molar-refractivity contribution in [1.82, 2.24) is 14.7 Å². The highest BCUT2D eigenvalue weighted by molar-refractivity contribution is 5.76. The Kier molecular flexibility index (Phi) is 7.21. The predicted octanol–water partition coefficient (Wildman–Crippen LogP) is 5.21. The van der Waals surface area contributed by atoms with Crippen molar-refractivity contribution in [3.8, 4) is 11.5 Å². The van der Waals surface area contributed by atoms with Gasteiger partial charge in [0.05, 0.1) is 12.7 Å². The lowest BCUT2D eigenvalue weighted by atomic mass is 10.1. The normalized spacial score (nSPS) is 14.9. The lowest BCUT2D eigenvalue weighted by Crippen LogP contribution is -2.42. The maximum absolute atomic E-state index is 12.8. The molecule has 2 heterocycles. The molecule has 0 radical (unpaired) electrons. The summed E-state index contributed by atoms with van der Waals surface area (Å²) in [6.07, 6.45) is -3.19. The molecule has 4 rings (SSSR count). The number of nitrogens with zero attached hydrogens (tertiary/aromatic N) is 3. The molecule has 1 amide bonds. The van der Waals surface area contributed by atoms with Crippen molar-refractivity contribution >= 4 is 5.91 Å². The van der Waals surface area contributed by atoms with E-state index in [0.717, 1.165) is 27.8 Å². The SMILES string of the molecule is Cc1cc(C(F)(F)F)nn1CC(=O)N1CCC(OCc2cccc(Oc3ccccc3)c2)CC1. The first-order valence-electron chi connectivity index (χ1n) is 11.1. The molecule has 1 fully saturated rings. The fourth-order valence-corrected chi connectivity index (χ4v) is 3.85. The van der Waals surface area contributed by atoms with Crippen molar-refractivity contribution in [1.29, 1.82) is 0 Å². The molecule has 0 atom stereocenters. The summed E-state index contributed by atoms with van der Waals surface area (Å²) in [5, 5.41) is 3.54. The maximum Gasteiger partial charge on any atom is 0.435 e. The third kappa shape index (κ3) is 6.17. The topological polar surface area (TPSA) is 56.6 Å². The van der Waals surface area contributed by atoms with Crippen LogP contribution in [0.4, 0.5) is 13.2 Å². The summed E-state index contributed by atoms with van der Waals surface area (Å²) in [6.45, 7) is 2.72. The molecule has 0 bridgehead atoms. The van der Waals surface area contributed by atoms with Gasteiger partial charge in [-0.3, -0.25) is 9.48 Å². The van der Waals surface area contributed by atoms with Gasteiger partial charge in [0.25, 0.3) is 0 Å². The number of carbonyl (C=O) groups is 1. The molecular weight excluding hydrogens is 447 g/mol. The van der Waals surface area contributed by atoms with E-state index in [1.165, 1.54) is 6.92 Å². The summed E-state index contributed by atoms with van der Waals surface area (Å²) in [6, 6.07) is 18.2. The predicted molar refractivity (Wildman–Crippen MR) is 119 cm³/mol. The molecule has 180 valence electrons. The maximum atomic E-state index is 12.8. The van der Waals surface area contributed by atoms with Crippen LogP contribution in [0.2, 0.25) is 0 Å². The molecule has 0 aliphatic carbocycles. The Hall–Kier alpha value is -3.33. The molecule has 2 aromatic carbocycles. The minimum absolute atomic E-state index is 0.00557. The second-order valence-corrected chi connectivity index (χ2v) is 8.28. The third-order valence-electron chi connectivity index (χ3n) is 5.71. The van der Waals surface area contributed by atoms with Crippen LogP contribution in [0.3, 0.4) is 0 Å². The first-order chi connectivity index (χ1) is 16.3. The minimum Gasteiger partial charge on any atom is -0.457 e. The molecule has 9 heteroatoms. The molecule has 0 unspecified atom stereocenters.